The molecule has 0 aliphatic rings. The van der Waals surface area contributed by atoms with Crippen molar-refractivity contribution < 1.29 is 17.9 Å². The second-order valence-corrected chi connectivity index (χ2v) is 7.01. The molecule has 2 N–H and O–H groups in total. The topological polar surface area (TPSA) is 92.4 Å². The predicted molar refractivity (Wildman–Crippen MR) is 75.0 cm³/mol. The lowest BCUT2D eigenvalue weighted by Crippen LogP contribution is -2.24. The standard InChI is InChI=1S/C12H16N2O4S2/c1-7-11(19-6-13-7)4-14-20(16,17)12-9(3)18-8(2)10(12)5-15/h6,14-15H,4-5H2,1-3H3. The van der Waals surface area contributed by atoms with Crippen molar-refractivity contribution >= 4 is 21.4 Å². The van der Waals surface area contributed by atoms with Crippen molar-refractivity contribution in [1.29, 1.82) is 0 Å². The van der Waals surface area contributed by atoms with Crippen LogP contribution in [0.2, 0.25) is 0 Å². The van der Waals surface area contributed by atoms with E-state index in [1.54, 1.807) is 19.4 Å². The van der Waals surface area contributed by atoms with E-state index >= 15 is 0 Å². The molecule has 0 spiro atoms. The van der Waals surface area contributed by atoms with E-state index in [1.165, 1.54) is 11.3 Å². The lowest BCUT2D eigenvalue weighted by atomic mass is 10.2. The van der Waals surface area contributed by atoms with E-state index < -0.39 is 10.0 Å². The number of nitrogens with zero attached hydrogens (tertiary/aromatic N) is 1. The fourth-order valence-corrected chi connectivity index (χ4v) is 4.21. The Bertz CT molecular complexity index is 716. The number of thiazole rings is 1. The summed E-state index contributed by atoms with van der Waals surface area (Å²) < 4.78 is 32.5. The van der Waals surface area contributed by atoms with Crippen molar-refractivity contribution in [3.8, 4) is 0 Å². The van der Waals surface area contributed by atoms with E-state index in [0.29, 0.717) is 11.3 Å². The van der Waals surface area contributed by atoms with Gasteiger partial charge in [-0.1, -0.05) is 0 Å². The SMILES string of the molecule is Cc1ncsc1CNS(=O)(=O)c1c(C)oc(C)c1CO. The summed E-state index contributed by atoms with van der Waals surface area (Å²) in [4.78, 5) is 4.96. The molecule has 0 radical (unpaired) electrons. The largest absolute Gasteiger partial charge is 0.465 e. The van der Waals surface area contributed by atoms with Crippen molar-refractivity contribution in [2.24, 2.45) is 0 Å². The highest BCUT2D eigenvalue weighted by Gasteiger charge is 2.26. The molecule has 8 heteroatoms. The average molecular weight is 316 g/mol. The number of nitrogens with one attached hydrogen (secondary N) is 1. The van der Waals surface area contributed by atoms with E-state index in [9.17, 15) is 13.5 Å². The van der Waals surface area contributed by atoms with Gasteiger partial charge in [0, 0.05) is 17.0 Å². The molecule has 2 aromatic heterocycles. The Morgan fingerprint density at radius 3 is 2.60 bits per heavy atom. The van der Waals surface area contributed by atoms with E-state index in [0.717, 1.165) is 10.6 Å². The second kappa shape index (κ2) is 5.65. The van der Waals surface area contributed by atoms with Crippen LogP contribution in [0.4, 0.5) is 0 Å². The summed E-state index contributed by atoms with van der Waals surface area (Å²) in [6.07, 6.45) is 0. The molecule has 0 bridgehead atoms. The van der Waals surface area contributed by atoms with Gasteiger partial charge in [-0.2, -0.15) is 0 Å². The number of aliphatic hydroxyl groups is 1. The highest BCUT2D eigenvalue weighted by molar-refractivity contribution is 7.89. The molecule has 0 saturated heterocycles. The minimum Gasteiger partial charge on any atom is -0.465 e. The zero-order chi connectivity index (χ0) is 14.9. The monoisotopic (exact) mass is 316 g/mol. The van der Waals surface area contributed by atoms with E-state index in [2.05, 4.69) is 9.71 Å². The van der Waals surface area contributed by atoms with Crippen LogP contribution >= 0.6 is 11.3 Å². The third-order valence-corrected chi connectivity index (χ3v) is 5.55. The van der Waals surface area contributed by atoms with E-state index in [4.69, 9.17) is 4.42 Å². The maximum absolute atomic E-state index is 12.4. The molecule has 0 aliphatic heterocycles. The van der Waals surface area contributed by atoms with Crippen molar-refractivity contribution in [2.45, 2.75) is 38.8 Å². The van der Waals surface area contributed by atoms with Crippen LogP contribution in [0.15, 0.2) is 14.8 Å². The third kappa shape index (κ3) is 2.78. The highest BCUT2D eigenvalue weighted by atomic mass is 32.2. The van der Waals surface area contributed by atoms with Crippen LogP contribution in [0.5, 0.6) is 0 Å². The summed E-state index contributed by atoms with van der Waals surface area (Å²) in [5.74, 6) is 0.694. The Morgan fingerprint density at radius 1 is 1.35 bits per heavy atom. The summed E-state index contributed by atoms with van der Waals surface area (Å²) in [5.41, 5.74) is 2.78. The van der Waals surface area contributed by atoms with Gasteiger partial charge in [0.1, 0.15) is 16.4 Å². The number of aliphatic hydroxyl groups excluding tert-OH is 1. The van der Waals surface area contributed by atoms with Gasteiger partial charge in [-0.05, 0) is 20.8 Å². The predicted octanol–water partition coefficient (Wildman–Crippen LogP) is 1.63. The summed E-state index contributed by atoms with van der Waals surface area (Å²) in [6, 6.07) is 0. The Morgan fingerprint density at radius 2 is 2.05 bits per heavy atom. The van der Waals surface area contributed by atoms with Crippen molar-refractivity contribution in [1.82, 2.24) is 9.71 Å². The number of hydrogen-bond acceptors (Lipinski definition) is 6. The van der Waals surface area contributed by atoms with Crippen LogP contribution in [0.3, 0.4) is 0 Å². The first-order valence-corrected chi connectivity index (χ1v) is 8.31. The molecule has 0 unspecified atom stereocenters. The Balaban J connectivity index is 2.29. The van der Waals surface area contributed by atoms with Gasteiger partial charge in [0.25, 0.3) is 0 Å². The number of aromatic nitrogens is 1. The Labute approximate surface area is 121 Å². The van der Waals surface area contributed by atoms with Gasteiger partial charge in [-0.3, -0.25) is 0 Å². The first-order chi connectivity index (χ1) is 9.36. The van der Waals surface area contributed by atoms with E-state index in [1.807, 2.05) is 6.92 Å². The zero-order valence-corrected chi connectivity index (χ0v) is 13.1. The quantitative estimate of drug-likeness (QED) is 0.874. The van der Waals surface area contributed by atoms with Crippen LogP contribution in [0, 0.1) is 20.8 Å². The normalized spacial score (nSPS) is 12.0. The molecule has 20 heavy (non-hydrogen) atoms. The molecule has 0 amide bonds. The van der Waals surface area contributed by atoms with Gasteiger partial charge in [0.05, 0.1) is 17.8 Å². The molecule has 2 rings (SSSR count). The molecule has 110 valence electrons. The lowest BCUT2D eigenvalue weighted by Gasteiger charge is -2.07. The van der Waals surface area contributed by atoms with Gasteiger partial charge in [0.2, 0.25) is 10.0 Å². The van der Waals surface area contributed by atoms with Crippen molar-refractivity contribution in [3.63, 3.8) is 0 Å². The summed E-state index contributed by atoms with van der Waals surface area (Å²) in [7, 11) is -3.73. The van der Waals surface area contributed by atoms with Crippen molar-refractivity contribution in [3.05, 3.63) is 33.2 Å². The molecule has 6 nitrogen and oxygen atoms in total. The zero-order valence-electron chi connectivity index (χ0n) is 11.4. The number of rotatable bonds is 5. The molecule has 0 aliphatic carbocycles. The molecule has 0 fully saturated rings. The Hall–Kier alpha value is -1.22. The molecule has 2 heterocycles. The number of aryl methyl sites for hydroxylation is 3. The molecular formula is C12H16N2O4S2. The summed E-state index contributed by atoms with van der Waals surface area (Å²) in [5, 5.41) is 9.31. The smallest absolute Gasteiger partial charge is 0.244 e. The highest BCUT2D eigenvalue weighted by Crippen LogP contribution is 2.26. The first kappa shape index (κ1) is 15.2. The fraction of sp³-hybridized carbons (Fsp3) is 0.417. The van der Waals surface area contributed by atoms with Gasteiger partial charge in [-0.25, -0.2) is 18.1 Å². The minimum atomic E-state index is -3.73. The number of sulfonamides is 1. The van der Waals surface area contributed by atoms with E-state index in [-0.39, 0.29) is 23.8 Å². The van der Waals surface area contributed by atoms with Crippen LogP contribution in [0.1, 0.15) is 27.7 Å². The van der Waals surface area contributed by atoms with Gasteiger partial charge in [0.15, 0.2) is 0 Å². The van der Waals surface area contributed by atoms with Crippen LogP contribution < -0.4 is 4.72 Å². The maximum atomic E-state index is 12.4. The summed E-state index contributed by atoms with van der Waals surface area (Å²) >= 11 is 1.39. The minimum absolute atomic E-state index is 0.0275. The molecule has 0 saturated carbocycles. The fourth-order valence-electron chi connectivity index (χ4n) is 1.97. The first-order valence-electron chi connectivity index (χ1n) is 5.95. The molecular weight excluding hydrogens is 300 g/mol. The van der Waals surface area contributed by atoms with Crippen LogP contribution in [-0.2, 0) is 23.2 Å². The van der Waals surface area contributed by atoms with Gasteiger partial charge >= 0.3 is 0 Å². The summed E-state index contributed by atoms with van der Waals surface area (Å²) in [6.45, 7) is 4.82. The van der Waals surface area contributed by atoms with Gasteiger partial charge in [-0.15, -0.1) is 11.3 Å². The van der Waals surface area contributed by atoms with Crippen LogP contribution in [-0.4, -0.2) is 18.5 Å². The van der Waals surface area contributed by atoms with Crippen LogP contribution in [0.25, 0.3) is 0 Å². The molecule has 0 atom stereocenters. The maximum Gasteiger partial charge on any atom is 0.244 e. The number of hydrogen-bond donors (Lipinski definition) is 2. The number of furan rings is 1. The third-order valence-electron chi connectivity index (χ3n) is 3.02. The molecule has 0 aromatic carbocycles. The van der Waals surface area contributed by atoms with Crippen molar-refractivity contribution in [2.75, 3.05) is 0 Å². The molecule has 2 aromatic rings. The second-order valence-electron chi connectivity index (χ2n) is 4.37. The Kier molecular flexibility index (Phi) is 4.28. The lowest BCUT2D eigenvalue weighted by molar-refractivity contribution is 0.276. The average Bonchev–Trinajstić information content (AvgIpc) is 2.90. The van der Waals surface area contributed by atoms with Gasteiger partial charge < -0.3 is 9.52 Å².